The van der Waals surface area contributed by atoms with E-state index in [0.717, 1.165) is 12.8 Å². The maximum absolute atomic E-state index is 11.4. The van der Waals surface area contributed by atoms with Crippen LogP contribution in [-0.4, -0.2) is 42.8 Å². The normalized spacial score (nSPS) is 15.8. The first-order valence-electron chi connectivity index (χ1n) is 5.49. The van der Waals surface area contributed by atoms with Gasteiger partial charge in [-0.3, -0.25) is 14.5 Å². The second kappa shape index (κ2) is 5.26. The van der Waals surface area contributed by atoms with E-state index in [4.69, 9.17) is 0 Å². The molecule has 4 heteroatoms. The summed E-state index contributed by atoms with van der Waals surface area (Å²) in [6.07, 6.45) is 2.20. The Morgan fingerprint density at radius 2 is 1.93 bits per heavy atom. The van der Waals surface area contributed by atoms with Crippen LogP contribution in [0.2, 0.25) is 0 Å². The third kappa shape index (κ3) is 4.93. The molecule has 0 spiro atoms. The lowest BCUT2D eigenvalue weighted by Crippen LogP contribution is -2.39. The Labute approximate surface area is 91.0 Å². The lowest BCUT2D eigenvalue weighted by molar-refractivity contribution is -0.125. The molecule has 1 saturated carbocycles. The van der Waals surface area contributed by atoms with E-state index in [1.54, 1.807) is 11.9 Å². The number of hydrogen-bond acceptors (Lipinski definition) is 3. The van der Waals surface area contributed by atoms with E-state index in [-0.39, 0.29) is 17.6 Å². The number of Topliss-reactive ketones (excluding diaryl/α,β-unsaturated/α-hetero) is 1. The Kier molecular flexibility index (Phi) is 4.27. The number of likely N-dealkylation sites (N-methyl/N-ethyl adjacent to an activating group) is 1. The first-order valence-corrected chi connectivity index (χ1v) is 5.49. The quantitative estimate of drug-likeness (QED) is 0.694. The van der Waals surface area contributed by atoms with Crippen LogP contribution in [0.25, 0.3) is 0 Å². The van der Waals surface area contributed by atoms with E-state index < -0.39 is 0 Å². The highest BCUT2D eigenvalue weighted by atomic mass is 16.2. The van der Waals surface area contributed by atoms with Crippen LogP contribution in [0.15, 0.2) is 0 Å². The van der Waals surface area contributed by atoms with Crippen molar-refractivity contribution in [1.29, 1.82) is 0 Å². The van der Waals surface area contributed by atoms with E-state index in [1.807, 2.05) is 13.8 Å². The smallest absolute Gasteiger partial charge is 0.234 e. The number of nitrogens with one attached hydrogen (secondary N) is 1. The number of nitrogens with zero attached hydrogens (tertiary/aromatic N) is 1. The summed E-state index contributed by atoms with van der Waals surface area (Å²) in [6, 6.07) is 0.395. The number of hydrogen-bond donors (Lipinski definition) is 1. The molecular formula is C11H20N2O2. The Morgan fingerprint density at radius 1 is 1.33 bits per heavy atom. The summed E-state index contributed by atoms with van der Waals surface area (Å²) in [7, 11) is 1.80. The molecule has 0 atom stereocenters. The molecule has 0 aliphatic heterocycles. The second-order valence-corrected chi connectivity index (χ2v) is 4.64. The molecule has 0 bridgehead atoms. The highest BCUT2D eigenvalue weighted by molar-refractivity contribution is 5.83. The first kappa shape index (κ1) is 12.2. The number of ketones is 1. The molecule has 0 aromatic rings. The van der Waals surface area contributed by atoms with Crippen LogP contribution in [-0.2, 0) is 9.59 Å². The lowest BCUT2D eigenvalue weighted by Gasteiger charge is -2.16. The van der Waals surface area contributed by atoms with Gasteiger partial charge in [-0.15, -0.1) is 0 Å². The third-order valence-electron chi connectivity index (χ3n) is 2.43. The van der Waals surface area contributed by atoms with Crippen molar-refractivity contribution in [3.05, 3.63) is 0 Å². The van der Waals surface area contributed by atoms with E-state index in [1.165, 1.54) is 0 Å². The number of carbonyl (C=O) groups excluding carboxylic acids is 2. The number of carbonyl (C=O) groups is 2. The van der Waals surface area contributed by atoms with Crippen molar-refractivity contribution in [2.24, 2.45) is 5.92 Å². The van der Waals surface area contributed by atoms with Crippen molar-refractivity contribution >= 4 is 11.7 Å². The fourth-order valence-electron chi connectivity index (χ4n) is 1.25. The zero-order chi connectivity index (χ0) is 11.4. The van der Waals surface area contributed by atoms with Crippen LogP contribution in [0.5, 0.6) is 0 Å². The highest BCUT2D eigenvalue weighted by Crippen LogP contribution is 2.18. The first-order chi connectivity index (χ1) is 6.99. The maximum Gasteiger partial charge on any atom is 0.234 e. The Morgan fingerprint density at radius 3 is 2.40 bits per heavy atom. The average Bonchev–Trinajstić information content (AvgIpc) is 2.86. The van der Waals surface area contributed by atoms with Gasteiger partial charge in [0.2, 0.25) is 5.91 Å². The van der Waals surface area contributed by atoms with Crippen molar-refractivity contribution in [2.75, 3.05) is 20.1 Å². The van der Waals surface area contributed by atoms with Crippen molar-refractivity contribution in [2.45, 2.75) is 32.7 Å². The molecule has 0 aromatic heterocycles. The lowest BCUT2D eigenvalue weighted by atomic mass is 10.1. The van der Waals surface area contributed by atoms with E-state index in [0.29, 0.717) is 19.1 Å². The Balaban J connectivity index is 2.18. The minimum Gasteiger partial charge on any atom is -0.352 e. The van der Waals surface area contributed by atoms with Crippen LogP contribution in [0.4, 0.5) is 0 Å². The minimum absolute atomic E-state index is 0.0246. The minimum atomic E-state index is 0.0246. The molecule has 4 nitrogen and oxygen atoms in total. The van der Waals surface area contributed by atoms with Gasteiger partial charge < -0.3 is 5.32 Å². The molecule has 1 N–H and O–H groups in total. The van der Waals surface area contributed by atoms with E-state index >= 15 is 0 Å². The predicted octanol–water partition coefficient (Wildman–Crippen LogP) is 0.422. The van der Waals surface area contributed by atoms with Crippen molar-refractivity contribution in [1.82, 2.24) is 10.2 Å². The van der Waals surface area contributed by atoms with Crippen molar-refractivity contribution < 1.29 is 9.59 Å². The molecule has 15 heavy (non-hydrogen) atoms. The monoisotopic (exact) mass is 212 g/mol. The molecule has 1 aliphatic carbocycles. The summed E-state index contributed by atoms with van der Waals surface area (Å²) in [5, 5.41) is 2.90. The highest BCUT2D eigenvalue weighted by Gasteiger charge is 2.23. The Bertz CT molecular complexity index is 247. The summed E-state index contributed by atoms with van der Waals surface area (Å²) >= 11 is 0. The van der Waals surface area contributed by atoms with E-state index in [9.17, 15) is 9.59 Å². The van der Waals surface area contributed by atoms with Gasteiger partial charge in [0.25, 0.3) is 0 Å². The summed E-state index contributed by atoms with van der Waals surface area (Å²) in [5.74, 6) is 0.243. The molecule has 1 fully saturated rings. The molecule has 86 valence electrons. The van der Waals surface area contributed by atoms with Gasteiger partial charge in [0, 0.05) is 12.0 Å². The van der Waals surface area contributed by atoms with Crippen LogP contribution in [0.1, 0.15) is 26.7 Å². The largest absolute Gasteiger partial charge is 0.352 e. The van der Waals surface area contributed by atoms with Gasteiger partial charge in [-0.25, -0.2) is 0 Å². The van der Waals surface area contributed by atoms with Crippen LogP contribution in [0, 0.1) is 5.92 Å². The zero-order valence-corrected chi connectivity index (χ0v) is 9.75. The molecule has 0 aromatic carbocycles. The standard InChI is InChI=1S/C11H20N2O2/c1-8(2)10(14)6-13(3)7-11(15)12-9-4-5-9/h8-9H,4-7H2,1-3H3,(H,12,15). The average molecular weight is 212 g/mol. The van der Waals surface area contributed by atoms with Crippen LogP contribution in [0.3, 0.4) is 0 Å². The van der Waals surface area contributed by atoms with Gasteiger partial charge in [-0.05, 0) is 19.9 Å². The van der Waals surface area contributed by atoms with Crippen LogP contribution >= 0.6 is 0 Å². The SMILES string of the molecule is CC(C)C(=O)CN(C)CC(=O)NC1CC1. The predicted molar refractivity (Wildman–Crippen MR) is 58.5 cm³/mol. The molecule has 1 aliphatic rings. The van der Waals surface area contributed by atoms with Gasteiger partial charge in [0.05, 0.1) is 13.1 Å². The maximum atomic E-state index is 11.4. The molecule has 0 heterocycles. The Hall–Kier alpha value is -0.900. The van der Waals surface area contributed by atoms with E-state index in [2.05, 4.69) is 5.32 Å². The van der Waals surface area contributed by atoms with Crippen LogP contribution < -0.4 is 5.32 Å². The van der Waals surface area contributed by atoms with Gasteiger partial charge in [-0.2, -0.15) is 0 Å². The topological polar surface area (TPSA) is 49.4 Å². The molecule has 0 radical (unpaired) electrons. The molecule has 1 amide bonds. The fraction of sp³-hybridized carbons (Fsp3) is 0.818. The van der Waals surface area contributed by atoms with Gasteiger partial charge in [0.1, 0.15) is 5.78 Å². The van der Waals surface area contributed by atoms with Crippen molar-refractivity contribution in [3.63, 3.8) is 0 Å². The zero-order valence-electron chi connectivity index (χ0n) is 9.75. The van der Waals surface area contributed by atoms with Gasteiger partial charge in [-0.1, -0.05) is 13.8 Å². The molecular weight excluding hydrogens is 192 g/mol. The van der Waals surface area contributed by atoms with Gasteiger partial charge in [0.15, 0.2) is 0 Å². The number of rotatable bonds is 6. The second-order valence-electron chi connectivity index (χ2n) is 4.64. The summed E-state index contributed by atoms with van der Waals surface area (Å²) in [5.41, 5.74) is 0. The number of amides is 1. The molecule has 0 unspecified atom stereocenters. The third-order valence-corrected chi connectivity index (χ3v) is 2.43. The summed E-state index contributed by atoms with van der Waals surface area (Å²) < 4.78 is 0. The van der Waals surface area contributed by atoms with Gasteiger partial charge >= 0.3 is 0 Å². The fourth-order valence-corrected chi connectivity index (χ4v) is 1.25. The summed E-state index contributed by atoms with van der Waals surface area (Å²) in [6.45, 7) is 4.42. The van der Waals surface area contributed by atoms with Crippen molar-refractivity contribution in [3.8, 4) is 0 Å². The summed E-state index contributed by atoms with van der Waals surface area (Å²) in [4.78, 5) is 24.6. The molecule has 1 rings (SSSR count). The molecule has 0 saturated heterocycles.